The van der Waals surface area contributed by atoms with Gasteiger partial charge in [-0.05, 0) is 67.6 Å². The van der Waals surface area contributed by atoms with Crippen molar-refractivity contribution in [3.8, 4) is 5.75 Å². The largest absolute Gasteiger partial charge is 0.484 e. The second kappa shape index (κ2) is 7.85. The lowest BCUT2D eigenvalue weighted by atomic mass is 9.84. The summed E-state index contributed by atoms with van der Waals surface area (Å²) in [7, 11) is -3.21. The molecule has 0 bridgehead atoms. The van der Waals surface area contributed by atoms with Gasteiger partial charge in [0.2, 0.25) is 0 Å². The number of nitrogens with zero attached hydrogens (tertiary/aromatic N) is 1. The van der Waals surface area contributed by atoms with Crippen molar-refractivity contribution in [1.82, 2.24) is 4.90 Å². The third-order valence-electron chi connectivity index (χ3n) is 5.89. The van der Waals surface area contributed by atoms with Gasteiger partial charge in [-0.2, -0.15) is 0 Å². The van der Waals surface area contributed by atoms with Crippen LogP contribution in [0.15, 0.2) is 53.4 Å². The number of piperidine rings is 1. The normalized spacial score (nSPS) is 25.9. The predicted octanol–water partition coefficient (Wildman–Crippen LogP) is 2.95. The first-order chi connectivity index (χ1) is 13.4. The van der Waals surface area contributed by atoms with Crippen molar-refractivity contribution in [2.45, 2.75) is 48.8 Å². The van der Waals surface area contributed by atoms with E-state index in [1.807, 2.05) is 0 Å². The Morgan fingerprint density at radius 3 is 2.54 bits per heavy atom. The highest BCUT2D eigenvalue weighted by atomic mass is 32.2. The molecule has 0 aromatic heterocycles. The monoisotopic (exact) mass is 400 g/mol. The van der Waals surface area contributed by atoms with Crippen LogP contribution in [-0.2, 0) is 16.3 Å². The summed E-state index contributed by atoms with van der Waals surface area (Å²) in [5.74, 6) is 0.695. The van der Waals surface area contributed by atoms with Crippen LogP contribution in [0.4, 0.5) is 0 Å². The molecule has 1 aliphatic carbocycles. The first-order valence-corrected chi connectivity index (χ1v) is 11.8. The summed E-state index contributed by atoms with van der Waals surface area (Å²) in [6.45, 7) is 1.95. The highest BCUT2D eigenvalue weighted by Gasteiger charge is 2.36. The quantitative estimate of drug-likeness (QED) is 0.854. The fourth-order valence-electron chi connectivity index (χ4n) is 4.47. The van der Waals surface area contributed by atoms with Gasteiger partial charge < -0.3 is 10.5 Å². The van der Waals surface area contributed by atoms with Gasteiger partial charge in [0, 0.05) is 18.8 Å². The Labute approximate surface area is 167 Å². The summed E-state index contributed by atoms with van der Waals surface area (Å²) in [4.78, 5) is 2.79. The lowest BCUT2D eigenvalue weighted by Crippen LogP contribution is -2.51. The fraction of sp³-hybridized carbons (Fsp3) is 0.455. The molecule has 0 radical (unpaired) electrons. The average Bonchev–Trinajstić information content (AvgIpc) is 2.68. The number of sulfone groups is 1. The van der Waals surface area contributed by atoms with Gasteiger partial charge >= 0.3 is 0 Å². The van der Waals surface area contributed by atoms with E-state index in [0.29, 0.717) is 10.6 Å². The number of fused-ring (bicyclic) bond motifs is 1. The van der Waals surface area contributed by atoms with Crippen LogP contribution in [0.2, 0.25) is 0 Å². The molecule has 2 aromatic rings. The number of ether oxygens (including phenoxy) is 1. The number of hydrogen-bond acceptors (Lipinski definition) is 5. The molecule has 6 heteroatoms. The molecular formula is C22H28N2O3S. The standard InChI is InChI=1S/C22H28N2O3S/c1-28(25,26)19-11-9-18(10-12-19)27-22-20-7-3-2-5-16(20)8-13-21(22)24-14-4-6-17(23)15-24/h2-3,5,7,9-12,17,21-22H,4,6,8,13-15,23H2,1H3/t17-,21+,22+/m1/s1. The molecule has 1 heterocycles. The van der Waals surface area contributed by atoms with Crippen LogP contribution in [0.25, 0.3) is 0 Å². The van der Waals surface area contributed by atoms with Crippen molar-refractivity contribution >= 4 is 9.84 Å². The summed E-state index contributed by atoms with van der Waals surface area (Å²) < 4.78 is 29.9. The van der Waals surface area contributed by atoms with Crippen LogP contribution >= 0.6 is 0 Å². The van der Waals surface area contributed by atoms with Gasteiger partial charge in [-0.1, -0.05) is 24.3 Å². The smallest absolute Gasteiger partial charge is 0.175 e. The van der Waals surface area contributed by atoms with E-state index in [0.717, 1.165) is 38.8 Å². The molecule has 2 aliphatic rings. The molecule has 0 spiro atoms. The van der Waals surface area contributed by atoms with Crippen molar-refractivity contribution in [2.24, 2.45) is 5.73 Å². The summed E-state index contributed by atoms with van der Waals surface area (Å²) in [6.07, 6.45) is 5.41. The molecule has 5 nitrogen and oxygen atoms in total. The maximum absolute atomic E-state index is 11.7. The van der Waals surface area contributed by atoms with E-state index < -0.39 is 9.84 Å². The molecular weight excluding hydrogens is 372 g/mol. The topological polar surface area (TPSA) is 72.6 Å². The number of aryl methyl sites for hydroxylation is 1. The van der Waals surface area contributed by atoms with E-state index in [-0.39, 0.29) is 18.2 Å². The predicted molar refractivity (Wildman–Crippen MR) is 110 cm³/mol. The SMILES string of the molecule is CS(=O)(=O)c1ccc(O[C@H]2c3ccccc3CC[C@@H]2N2CCC[C@@H](N)C2)cc1. The highest BCUT2D eigenvalue weighted by molar-refractivity contribution is 7.90. The van der Waals surface area contributed by atoms with Gasteiger partial charge in [0.05, 0.1) is 10.9 Å². The van der Waals surface area contributed by atoms with Gasteiger partial charge in [-0.25, -0.2) is 8.42 Å². The second-order valence-corrected chi connectivity index (χ2v) is 10.00. The van der Waals surface area contributed by atoms with Gasteiger partial charge in [0.1, 0.15) is 11.9 Å². The highest BCUT2D eigenvalue weighted by Crippen LogP contribution is 2.37. The van der Waals surface area contributed by atoms with E-state index in [1.165, 1.54) is 17.4 Å². The van der Waals surface area contributed by atoms with Gasteiger partial charge in [0.25, 0.3) is 0 Å². The summed E-state index contributed by atoms with van der Waals surface area (Å²) in [5.41, 5.74) is 8.80. The molecule has 0 unspecified atom stereocenters. The van der Waals surface area contributed by atoms with Gasteiger partial charge in [-0.15, -0.1) is 0 Å². The first kappa shape index (κ1) is 19.4. The van der Waals surface area contributed by atoms with Crippen molar-refractivity contribution in [3.05, 3.63) is 59.7 Å². The minimum absolute atomic E-state index is 0.0840. The Morgan fingerprint density at radius 2 is 1.82 bits per heavy atom. The second-order valence-electron chi connectivity index (χ2n) is 7.98. The summed E-state index contributed by atoms with van der Waals surface area (Å²) >= 11 is 0. The molecule has 0 saturated carbocycles. The number of nitrogens with two attached hydrogens (primary N) is 1. The zero-order valence-electron chi connectivity index (χ0n) is 16.3. The van der Waals surface area contributed by atoms with Crippen LogP contribution in [0.1, 0.15) is 36.5 Å². The van der Waals surface area contributed by atoms with Crippen molar-refractivity contribution in [1.29, 1.82) is 0 Å². The average molecular weight is 401 g/mol. The maximum Gasteiger partial charge on any atom is 0.175 e. The van der Waals surface area contributed by atoms with Gasteiger partial charge in [0.15, 0.2) is 9.84 Å². The molecule has 2 N–H and O–H groups in total. The van der Waals surface area contributed by atoms with Gasteiger partial charge in [-0.3, -0.25) is 4.90 Å². The number of rotatable bonds is 4. The van der Waals surface area contributed by atoms with E-state index >= 15 is 0 Å². The Morgan fingerprint density at radius 1 is 1.07 bits per heavy atom. The van der Waals surface area contributed by atoms with E-state index in [2.05, 4.69) is 29.2 Å². The molecule has 0 amide bonds. The lowest BCUT2D eigenvalue weighted by Gasteiger charge is -2.43. The first-order valence-electron chi connectivity index (χ1n) is 9.96. The van der Waals surface area contributed by atoms with Crippen molar-refractivity contribution in [3.63, 3.8) is 0 Å². The minimum atomic E-state index is -3.21. The number of hydrogen-bond donors (Lipinski definition) is 1. The van der Waals surface area contributed by atoms with Crippen molar-refractivity contribution < 1.29 is 13.2 Å². The zero-order valence-corrected chi connectivity index (χ0v) is 17.1. The molecule has 1 saturated heterocycles. The Hall–Kier alpha value is -1.89. The minimum Gasteiger partial charge on any atom is -0.484 e. The third-order valence-corrected chi connectivity index (χ3v) is 7.02. The van der Waals surface area contributed by atoms with Crippen LogP contribution in [0, 0.1) is 0 Å². The van der Waals surface area contributed by atoms with Crippen LogP contribution in [0.3, 0.4) is 0 Å². The van der Waals surface area contributed by atoms with E-state index in [4.69, 9.17) is 10.5 Å². The van der Waals surface area contributed by atoms with E-state index in [1.54, 1.807) is 24.3 Å². The fourth-order valence-corrected chi connectivity index (χ4v) is 5.10. The summed E-state index contributed by atoms with van der Waals surface area (Å²) in [6, 6.07) is 15.7. The molecule has 2 aromatic carbocycles. The number of likely N-dealkylation sites (tertiary alicyclic amines) is 1. The summed E-state index contributed by atoms with van der Waals surface area (Å²) in [5, 5.41) is 0. The molecule has 150 valence electrons. The van der Waals surface area contributed by atoms with Crippen LogP contribution in [0.5, 0.6) is 5.75 Å². The molecule has 4 rings (SSSR count). The van der Waals surface area contributed by atoms with Crippen LogP contribution < -0.4 is 10.5 Å². The maximum atomic E-state index is 11.7. The Bertz CT molecular complexity index is 927. The van der Waals surface area contributed by atoms with Crippen LogP contribution in [-0.4, -0.2) is 44.7 Å². The molecule has 1 aliphatic heterocycles. The Balaban J connectivity index is 1.63. The van der Waals surface area contributed by atoms with Crippen molar-refractivity contribution in [2.75, 3.05) is 19.3 Å². The third kappa shape index (κ3) is 4.09. The Kier molecular flexibility index (Phi) is 5.45. The molecule has 28 heavy (non-hydrogen) atoms. The molecule has 1 fully saturated rings. The molecule has 3 atom stereocenters. The zero-order chi connectivity index (χ0) is 19.7. The number of benzene rings is 2. The lowest BCUT2D eigenvalue weighted by molar-refractivity contribution is 0.0367. The van der Waals surface area contributed by atoms with E-state index in [9.17, 15) is 8.42 Å².